The summed E-state index contributed by atoms with van der Waals surface area (Å²) >= 11 is 0. The second-order valence-electron chi connectivity index (χ2n) is 4.88. The van der Waals surface area contributed by atoms with Crippen molar-refractivity contribution in [1.82, 2.24) is 5.32 Å². The number of unbranched alkanes of at least 4 members (excludes halogenated alkanes) is 2. The lowest BCUT2D eigenvalue weighted by Gasteiger charge is -2.17. The normalized spacial score (nSPS) is 32.2. The van der Waals surface area contributed by atoms with Crippen molar-refractivity contribution in [3.05, 3.63) is 12.2 Å². The second kappa shape index (κ2) is 4.82. The van der Waals surface area contributed by atoms with Crippen molar-refractivity contribution in [3.63, 3.8) is 0 Å². The van der Waals surface area contributed by atoms with E-state index in [4.69, 9.17) is 0 Å². The largest absolute Gasteiger partial charge is 0.356 e. The van der Waals surface area contributed by atoms with Gasteiger partial charge in [-0.05, 0) is 31.1 Å². The van der Waals surface area contributed by atoms with Gasteiger partial charge in [-0.15, -0.1) is 0 Å². The molecule has 1 saturated carbocycles. The minimum atomic E-state index is 0.279. The Labute approximate surface area is 92.1 Å². The number of carbonyl (C=O) groups excluding carboxylic acids is 1. The summed E-state index contributed by atoms with van der Waals surface area (Å²) in [6, 6.07) is 0. The first kappa shape index (κ1) is 10.7. The van der Waals surface area contributed by atoms with E-state index in [2.05, 4.69) is 24.4 Å². The molecule has 2 bridgehead atoms. The fourth-order valence-corrected chi connectivity index (χ4v) is 2.80. The lowest BCUT2D eigenvalue weighted by Crippen LogP contribution is -2.33. The maximum atomic E-state index is 11.9. The quantitative estimate of drug-likeness (QED) is 0.544. The fourth-order valence-electron chi connectivity index (χ4n) is 2.80. The van der Waals surface area contributed by atoms with Gasteiger partial charge in [0.1, 0.15) is 0 Å². The molecule has 1 amide bonds. The highest BCUT2D eigenvalue weighted by molar-refractivity contribution is 5.79. The van der Waals surface area contributed by atoms with Crippen LogP contribution in [0.25, 0.3) is 0 Å². The standard InChI is InChI=1S/C13H21NO/c1-2-3-4-7-14-13(15)12-9-10-5-6-11(12)8-10/h5-6,10-12H,2-4,7-9H2,1H3,(H,14,15). The topological polar surface area (TPSA) is 29.1 Å². The number of carbonyl (C=O) groups is 1. The summed E-state index contributed by atoms with van der Waals surface area (Å²) in [5, 5.41) is 3.07. The molecule has 1 fully saturated rings. The first-order valence-electron chi connectivity index (χ1n) is 6.27. The van der Waals surface area contributed by atoms with Gasteiger partial charge in [0.2, 0.25) is 5.91 Å². The predicted octanol–water partition coefficient (Wildman–Crippen LogP) is 2.51. The Bertz CT molecular complexity index is 259. The van der Waals surface area contributed by atoms with E-state index < -0.39 is 0 Å². The van der Waals surface area contributed by atoms with Crippen molar-refractivity contribution >= 4 is 5.91 Å². The molecule has 1 N–H and O–H groups in total. The highest BCUT2D eigenvalue weighted by Gasteiger charge is 2.39. The Hall–Kier alpha value is -0.790. The van der Waals surface area contributed by atoms with Crippen LogP contribution in [0.4, 0.5) is 0 Å². The number of rotatable bonds is 5. The maximum absolute atomic E-state index is 11.9. The summed E-state index contributed by atoms with van der Waals surface area (Å²) in [4.78, 5) is 11.9. The second-order valence-corrected chi connectivity index (χ2v) is 4.88. The van der Waals surface area contributed by atoms with E-state index in [0.29, 0.717) is 17.7 Å². The molecule has 2 aliphatic carbocycles. The van der Waals surface area contributed by atoms with Crippen molar-refractivity contribution in [1.29, 1.82) is 0 Å². The monoisotopic (exact) mass is 207 g/mol. The van der Waals surface area contributed by atoms with Crippen LogP contribution in [0.5, 0.6) is 0 Å². The third kappa shape index (κ3) is 2.42. The van der Waals surface area contributed by atoms with Gasteiger partial charge in [-0.1, -0.05) is 31.9 Å². The number of hydrogen-bond donors (Lipinski definition) is 1. The number of amides is 1. The van der Waals surface area contributed by atoms with Crippen LogP contribution in [-0.2, 0) is 4.79 Å². The van der Waals surface area contributed by atoms with E-state index in [1.807, 2.05) is 0 Å². The zero-order valence-corrected chi connectivity index (χ0v) is 9.54. The van der Waals surface area contributed by atoms with Gasteiger partial charge in [0.05, 0.1) is 0 Å². The summed E-state index contributed by atoms with van der Waals surface area (Å²) in [5.74, 6) is 1.81. The fraction of sp³-hybridized carbons (Fsp3) is 0.769. The van der Waals surface area contributed by atoms with E-state index >= 15 is 0 Å². The highest BCUT2D eigenvalue weighted by atomic mass is 16.1. The van der Waals surface area contributed by atoms with E-state index in [1.165, 1.54) is 19.3 Å². The summed E-state index contributed by atoms with van der Waals surface area (Å²) in [5.41, 5.74) is 0. The van der Waals surface area contributed by atoms with Gasteiger partial charge in [0.25, 0.3) is 0 Å². The van der Waals surface area contributed by atoms with Gasteiger partial charge in [-0.25, -0.2) is 0 Å². The van der Waals surface area contributed by atoms with Gasteiger partial charge in [-0.2, -0.15) is 0 Å². The van der Waals surface area contributed by atoms with Crippen LogP contribution in [-0.4, -0.2) is 12.5 Å². The molecule has 0 spiro atoms. The third-order valence-electron chi connectivity index (χ3n) is 3.70. The van der Waals surface area contributed by atoms with Crippen molar-refractivity contribution in [2.24, 2.45) is 17.8 Å². The first-order valence-corrected chi connectivity index (χ1v) is 6.27. The molecule has 15 heavy (non-hydrogen) atoms. The van der Waals surface area contributed by atoms with Gasteiger partial charge < -0.3 is 5.32 Å². The van der Waals surface area contributed by atoms with Gasteiger partial charge in [0, 0.05) is 12.5 Å². The summed E-state index contributed by atoms with van der Waals surface area (Å²) in [7, 11) is 0. The van der Waals surface area contributed by atoms with Crippen molar-refractivity contribution in [3.8, 4) is 0 Å². The highest BCUT2D eigenvalue weighted by Crippen LogP contribution is 2.43. The number of hydrogen-bond acceptors (Lipinski definition) is 1. The first-order chi connectivity index (χ1) is 7.31. The smallest absolute Gasteiger partial charge is 0.223 e. The minimum absolute atomic E-state index is 0.279. The zero-order valence-electron chi connectivity index (χ0n) is 9.54. The van der Waals surface area contributed by atoms with Crippen LogP contribution in [0.1, 0.15) is 39.0 Å². The molecule has 3 unspecified atom stereocenters. The third-order valence-corrected chi connectivity index (χ3v) is 3.70. The van der Waals surface area contributed by atoms with Gasteiger partial charge >= 0.3 is 0 Å². The zero-order chi connectivity index (χ0) is 10.7. The van der Waals surface area contributed by atoms with Crippen LogP contribution in [0.3, 0.4) is 0 Å². The van der Waals surface area contributed by atoms with Crippen LogP contribution in [0.15, 0.2) is 12.2 Å². The molecule has 0 heterocycles. The molecule has 0 aromatic heterocycles. The molecule has 0 radical (unpaired) electrons. The lowest BCUT2D eigenvalue weighted by atomic mass is 9.93. The minimum Gasteiger partial charge on any atom is -0.356 e. The molecule has 2 aliphatic rings. The average molecular weight is 207 g/mol. The lowest BCUT2D eigenvalue weighted by molar-refractivity contribution is -0.125. The number of allylic oxidation sites excluding steroid dienone is 2. The summed E-state index contributed by atoms with van der Waals surface area (Å²) in [6.45, 7) is 3.05. The molecular weight excluding hydrogens is 186 g/mol. The summed E-state index contributed by atoms with van der Waals surface area (Å²) < 4.78 is 0. The predicted molar refractivity (Wildman–Crippen MR) is 61.4 cm³/mol. The molecule has 84 valence electrons. The van der Waals surface area contributed by atoms with Crippen molar-refractivity contribution in [2.45, 2.75) is 39.0 Å². The number of nitrogens with one attached hydrogen (secondary N) is 1. The van der Waals surface area contributed by atoms with Crippen LogP contribution in [0.2, 0.25) is 0 Å². The molecule has 0 aliphatic heterocycles. The Morgan fingerprint density at radius 2 is 2.20 bits per heavy atom. The molecule has 2 rings (SSSR count). The van der Waals surface area contributed by atoms with E-state index in [-0.39, 0.29) is 5.92 Å². The SMILES string of the molecule is CCCCCNC(=O)C1CC2C=CC1C2. The molecule has 0 saturated heterocycles. The molecule has 2 heteroatoms. The maximum Gasteiger partial charge on any atom is 0.223 e. The Balaban J connectivity index is 1.70. The Morgan fingerprint density at radius 3 is 2.80 bits per heavy atom. The Kier molecular flexibility index (Phi) is 3.45. The molecular formula is C13H21NO. The van der Waals surface area contributed by atoms with Gasteiger partial charge in [-0.3, -0.25) is 4.79 Å². The van der Waals surface area contributed by atoms with E-state index in [9.17, 15) is 4.79 Å². The number of fused-ring (bicyclic) bond motifs is 2. The molecule has 0 aromatic carbocycles. The van der Waals surface area contributed by atoms with Gasteiger partial charge in [0.15, 0.2) is 0 Å². The van der Waals surface area contributed by atoms with Crippen LogP contribution < -0.4 is 5.32 Å². The molecule has 2 nitrogen and oxygen atoms in total. The van der Waals surface area contributed by atoms with Crippen LogP contribution in [0, 0.1) is 17.8 Å². The Morgan fingerprint density at radius 1 is 1.33 bits per heavy atom. The summed E-state index contributed by atoms with van der Waals surface area (Å²) in [6.07, 6.45) is 10.4. The van der Waals surface area contributed by atoms with E-state index in [1.54, 1.807) is 0 Å². The molecule has 3 atom stereocenters. The van der Waals surface area contributed by atoms with Crippen LogP contribution >= 0.6 is 0 Å². The average Bonchev–Trinajstić information content (AvgIpc) is 2.85. The van der Waals surface area contributed by atoms with Crippen molar-refractivity contribution in [2.75, 3.05) is 6.54 Å². The van der Waals surface area contributed by atoms with Crippen molar-refractivity contribution < 1.29 is 4.79 Å². The molecule has 0 aromatic rings. The van der Waals surface area contributed by atoms with E-state index in [0.717, 1.165) is 19.4 Å².